The lowest BCUT2D eigenvalue weighted by atomic mass is 9.97. The molecule has 0 aromatic carbocycles. The average Bonchev–Trinajstić information content (AvgIpc) is 2.27. The maximum absolute atomic E-state index is 11.9. The van der Waals surface area contributed by atoms with Crippen LogP contribution in [0.5, 0.6) is 0 Å². The molecule has 1 fully saturated rings. The van der Waals surface area contributed by atoms with Crippen LogP contribution in [-0.2, 0) is 14.8 Å². The molecule has 1 heterocycles. The molecule has 0 aliphatic carbocycles. The van der Waals surface area contributed by atoms with Crippen LogP contribution in [0, 0.1) is 5.92 Å². The topological polar surface area (TPSA) is 46.6 Å². The normalized spacial score (nSPS) is 23.5. The van der Waals surface area contributed by atoms with Crippen molar-refractivity contribution in [2.45, 2.75) is 19.3 Å². The summed E-state index contributed by atoms with van der Waals surface area (Å²) in [5.41, 5.74) is 0. The van der Waals surface area contributed by atoms with Crippen LogP contribution in [0.15, 0.2) is 0 Å². The van der Waals surface area contributed by atoms with Gasteiger partial charge in [-0.25, -0.2) is 12.7 Å². The molecule has 1 atom stereocenters. The zero-order valence-electron chi connectivity index (χ0n) is 9.69. The number of rotatable bonds is 6. The van der Waals surface area contributed by atoms with Gasteiger partial charge in [0, 0.05) is 26.1 Å². The standard InChI is InChI=1S/C10H20ClNO3S/c1-15-7-8-16(13,14)12-6-2-3-10(9-12)4-5-11/h10H,2-9H2,1H3. The number of hydrogen-bond acceptors (Lipinski definition) is 3. The molecule has 0 N–H and O–H groups in total. The van der Waals surface area contributed by atoms with Gasteiger partial charge in [-0.15, -0.1) is 11.6 Å². The summed E-state index contributed by atoms with van der Waals surface area (Å²) in [7, 11) is -1.62. The average molecular weight is 270 g/mol. The molecule has 0 radical (unpaired) electrons. The minimum atomic E-state index is -3.13. The number of methoxy groups -OCH3 is 1. The Morgan fingerprint density at radius 2 is 2.25 bits per heavy atom. The van der Waals surface area contributed by atoms with E-state index in [0.29, 0.717) is 24.9 Å². The van der Waals surface area contributed by atoms with E-state index in [1.807, 2.05) is 0 Å². The summed E-state index contributed by atoms with van der Waals surface area (Å²) in [6.07, 6.45) is 2.93. The highest BCUT2D eigenvalue weighted by atomic mass is 35.5. The van der Waals surface area contributed by atoms with Gasteiger partial charge in [0.2, 0.25) is 10.0 Å². The van der Waals surface area contributed by atoms with Crippen molar-refractivity contribution in [2.75, 3.05) is 38.4 Å². The molecule has 0 bridgehead atoms. The fourth-order valence-corrected chi connectivity index (χ4v) is 3.78. The van der Waals surface area contributed by atoms with E-state index >= 15 is 0 Å². The zero-order chi connectivity index (χ0) is 12.0. The first-order valence-corrected chi connectivity index (χ1v) is 7.77. The molecule has 0 saturated carbocycles. The molecule has 1 saturated heterocycles. The molecule has 96 valence electrons. The second kappa shape index (κ2) is 6.79. The highest BCUT2D eigenvalue weighted by molar-refractivity contribution is 7.89. The van der Waals surface area contributed by atoms with Crippen molar-refractivity contribution in [3.8, 4) is 0 Å². The van der Waals surface area contributed by atoms with Crippen LogP contribution in [0.25, 0.3) is 0 Å². The molecule has 6 heteroatoms. The molecule has 1 unspecified atom stereocenters. The second-order valence-electron chi connectivity index (χ2n) is 4.15. The first kappa shape index (κ1) is 14.2. The quantitative estimate of drug-likeness (QED) is 0.683. The monoisotopic (exact) mass is 269 g/mol. The summed E-state index contributed by atoms with van der Waals surface area (Å²) in [5, 5.41) is 0. The highest BCUT2D eigenvalue weighted by Gasteiger charge is 2.28. The smallest absolute Gasteiger partial charge is 0.216 e. The SMILES string of the molecule is COCCS(=O)(=O)N1CCCC(CCCl)C1. The van der Waals surface area contributed by atoms with Crippen molar-refractivity contribution in [2.24, 2.45) is 5.92 Å². The summed E-state index contributed by atoms with van der Waals surface area (Å²) >= 11 is 5.69. The molecular formula is C10H20ClNO3S. The molecule has 1 rings (SSSR count). The van der Waals surface area contributed by atoms with Crippen molar-refractivity contribution in [3.63, 3.8) is 0 Å². The van der Waals surface area contributed by atoms with Gasteiger partial charge >= 0.3 is 0 Å². The molecular weight excluding hydrogens is 250 g/mol. The maximum Gasteiger partial charge on any atom is 0.216 e. The summed E-state index contributed by atoms with van der Waals surface area (Å²) in [6.45, 7) is 1.53. The van der Waals surface area contributed by atoms with Gasteiger partial charge < -0.3 is 4.74 Å². The van der Waals surface area contributed by atoms with Crippen molar-refractivity contribution >= 4 is 21.6 Å². The number of hydrogen-bond donors (Lipinski definition) is 0. The van der Waals surface area contributed by atoms with Gasteiger partial charge in [-0.2, -0.15) is 0 Å². The molecule has 0 aromatic rings. The number of ether oxygens (including phenoxy) is 1. The van der Waals surface area contributed by atoms with Gasteiger partial charge in [0.25, 0.3) is 0 Å². The first-order chi connectivity index (χ1) is 7.60. The summed E-state index contributed by atoms with van der Waals surface area (Å²) in [6, 6.07) is 0. The van der Waals surface area contributed by atoms with Crippen LogP contribution in [-0.4, -0.2) is 51.2 Å². The number of nitrogens with zero attached hydrogens (tertiary/aromatic N) is 1. The Morgan fingerprint density at radius 3 is 2.88 bits per heavy atom. The predicted molar refractivity (Wildman–Crippen MR) is 65.3 cm³/mol. The maximum atomic E-state index is 11.9. The minimum absolute atomic E-state index is 0.0805. The predicted octanol–water partition coefficient (Wildman–Crippen LogP) is 1.30. The Balaban J connectivity index is 2.52. The van der Waals surface area contributed by atoms with E-state index < -0.39 is 10.0 Å². The van der Waals surface area contributed by atoms with Crippen LogP contribution in [0.1, 0.15) is 19.3 Å². The van der Waals surface area contributed by atoms with Crippen LogP contribution < -0.4 is 0 Å². The molecule has 0 amide bonds. The third-order valence-corrected chi connectivity index (χ3v) is 4.96. The van der Waals surface area contributed by atoms with Gasteiger partial charge in [-0.05, 0) is 25.2 Å². The zero-order valence-corrected chi connectivity index (χ0v) is 11.3. The third kappa shape index (κ3) is 4.20. The fourth-order valence-electron chi connectivity index (χ4n) is 1.99. The summed E-state index contributed by atoms with van der Waals surface area (Å²) in [5.74, 6) is 1.11. The third-order valence-electron chi connectivity index (χ3n) is 2.94. The molecule has 1 aliphatic rings. The van der Waals surface area contributed by atoms with E-state index in [4.69, 9.17) is 16.3 Å². The van der Waals surface area contributed by atoms with Gasteiger partial charge in [-0.1, -0.05) is 0 Å². The Kier molecular flexibility index (Phi) is 6.03. The number of halogens is 1. The lowest BCUT2D eigenvalue weighted by Crippen LogP contribution is -2.41. The van der Waals surface area contributed by atoms with Crippen LogP contribution in [0.4, 0.5) is 0 Å². The number of piperidine rings is 1. The van der Waals surface area contributed by atoms with Crippen molar-refractivity contribution in [1.29, 1.82) is 0 Å². The van der Waals surface area contributed by atoms with Gasteiger partial charge in [0.05, 0.1) is 12.4 Å². The molecule has 4 nitrogen and oxygen atoms in total. The van der Waals surface area contributed by atoms with Crippen molar-refractivity contribution < 1.29 is 13.2 Å². The van der Waals surface area contributed by atoms with E-state index in [2.05, 4.69) is 0 Å². The van der Waals surface area contributed by atoms with Crippen LogP contribution in [0.2, 0.25) is 0 Å². The first-order valence-electron chi connectivity index (χ1n) is 5.63. The van der Waals surface area contributed by atoms with Crippen molar-refractivity contribution in [1.82, 2.24) is 4.31 Å². The highest BCUT2D eigenvalue weighted by Crippen LogP contribution is 2.22. The van der Waals surface area contributed by atoms with E-state index in [9.17, 15) is 8.42 Å². The lowest BCUT2D eigenvalue weighted by Gasteiger charge is -2.31. The Morgan fingerprint density at radius 1 is 1.50 bits per heavy atom. The van der Waals surface area contributed by atoms with Gasteiger partial charge in [0.15, 0.2) is 0 Å². The fraction of sp³-hybridized carbons (Fsp3) is 1.00. The van der Waals surface area contributed by atoms with Crippen LogP contribution >= 0.6 is 11.6 Å². The minimum Gasteiger partial charge on any atom is -0.384 e. The number of alkyl halides is 1. The van der Waals surface area contributed by atoms with Gasteiger partial charge in [-0.3, -0.25) is 0 Å². The Bertz CT molecular complexity index is 292. The summed E-state index contributed by atoms with van der Waals surface area (Å²) < 4.78 is 30.2. The van der Waals surface area contributed by atoms with Gasteiger partial charge in [0.1, 0.15) is 0 Å². The van der Waals surface area contributed by atoms with E-state index in [1.54, 1.807) is 4.31 Å². The lowest BCUT2D eigenvalue weighted by molar-refractivity contribution is 0.212. The van der Waals surface area contributed by atoms with Crippen LogP contribution in [0.3, 0.4) is 0 Å². The number of sulfonamides is 1. The Labute approximate surface area is 103 Å². The molecule has 1 aliphatic heterocycles. The second-order valence-corrected chi connectivity index (χ2v) is 6.62. The molecule has 16 heavy (non-hydrogen) atoms. The van der Waals surface area contributed by atoms with E-state index in [-0.39, 0.29) is 12.4 Å². The van der Waals surface area contributed by atoms with E-state index in [0.717, 1.165) is 19.3 Å². The Hall–Kier alpha value is 0.160. The van der Waals surface area contributed by atoms with E-state index in [1.165, 1.54) is 7.11 Å². The summed E-state index contributed by atoms with van der Waals surface area (Å²) in [4.78, 5) is 0. The molecule has 0 spiro atoms. The molecule has 0 aromatic heterocycles. The van der Waals surface area contributed by atoms with Crippen molar-refractivity contribution in [3.05, 3.63) is 0 Å². The largest absolute Gasteiger partial charge is 0.384 e.